The van der Waals surface area contributed by atoms with Crippen LogP contribution in [0.25, 0.3) is 0 Å². The third-order valence-electron chi connectivity index (χ3n) is 3.47. The van der Waals surface area contributed by atoms with Crippen molar-refractivity contribution in [3.05, 3.63) is 11.9 Å². The van der Waals surface area contributed by atoms with Crippen molar-refractivity contribution in [3.8, 4) is 0 Å². The summed E-state index contributed by atoms with van der Waals surface area (Å²) in [6, 6.07) is 0. The molecule has 1 amide bonds. The molecule has 0 spiro atoms. The summed E-state index contributed by atoms with van der Waals surface area (Å²) in [4.78, 5) is 11.8. The summed E-state index contributed by atoms with van der Waals surface area (Å²) >= 11 is 0. The number of amides is 1. The summed E-state index contributed by atoms with van der Waals surface area (Å²) in [5, 5.41) is 18.3. The van der Waals surface area contributed by atoms with Crippen molar-refractivity contribution in [1.29, 1.82) is 0 Å². The number of aromatic amines is 1. The van der Waals surface area contributed by atoms with Gasteiger partial charge in [-0.1, -0.05) is 6.42 Å². The number of H-pyrrole nitrogens is 1. The quantitative estimate of drug-likeness (QED) is 0.598. The van der Waals surface area contributed by atoms with Crippen molar-refractivity contribution in [2.75, 3.05) is 18.9 Å². The number of hydrogen-bond acceptors (Lipinski definition) is 4. The maximum Gasteiger partial charge on any atom is 0.271 e. The first-order valence-electron chi connectivity index (χ1n) is 5.90. The van der Waals surface area contributed by atoms with E-state index in [9.17, 15) is 9.90 Å². The Morgan fingerprint density at radius 1 is 1.59 bits per heavy atom. The third-order valence-corrected chi connectivity index (χ3v) is 3.47. The molecule has 0 aromatic carbocycles. The predicted octanol–water partition coefficient (Wildman–Crippen LogP) is 0.130. The maximum absolute atomic E-state index is 11.8. The number of rotatable bonds is 4. The second-order valence-electron chi connectivity index (χ2n) is 4.54. The SMILES string of the molecule is Nc1cn[nH]c1C(=O)NCC1CCCC1CO. The minimum absolute atomic E-state index is 0.201. The smallest absolute Gasteiger partial charge is 0.271 e. The highest BCUT2D eigenvalue weighted by Crippen LogP contribution is 2.30. The Morgan fingerprint density at radius 3 is 3.00 bits per heavy atom. The van der Waals surface area contributed by atoms with Gasteiger partial charge in [0.05, 0.1) is 11.9 Å². The van der Waals surface area contributed by atoms with Crippen LogP contribution in [0, 0.1) is 11.8 Å². The summed E-state index contributed by atoms with van der Waals surface area (Å²) in [5.74, 6) is 0.450. The second kappa shape index (κ2) is 5.18. The zero-order chi connectivity index (χ0) is 12.3. The first-order chi connectivity index (χ1) is 8.22. The van der Waals surface area contributed by atoms with Gasteiger partial charge in [-0.2, -0.15) is 5.10 Å². The molecule has 0 saturated heterocycles. The molecule has 1 aliphatic carbocycles. The minimum Gasteiger partial charge on any atom is -0.396 e. The zero-order valence-corrected chi connectivity index (χ0v) is 9.65. The van der Waals surface area contributed by atoms with Gasteiger partial charge >= 0.3 is 0 Å². The number of aromatic nitrogens is 2. The van der Waals surface area contributed by atoms with Gasteiger partial charge in [-0.25, -0.2) is 0 Å². The highest BCUT2D eigenvalue weighted by atomic mass is 16.3. The van der Waals surface area contributed by atoms with Crippen molar-refractivity contribution in [2.24, 2.45) is 11.8 Å². The fourth-order valence-electron chi connectivity index (χ4n) is 2.41. The van der Waals surface area contributed by atoms with Crippen LogP contribution in [0.1, 0.15) is 29.8 Å². The number of nitrogen functional groups attached to an aromatic ring is 1. The Bertz CT molecular complexity index is 391. The maximum atomic E-state index is 11.8. The fourth-order valence-corrected chi connectivity index (χ4v) is 2.41. The van der Waals surface area contributed by atoms with Crippen LogP contribution in [0.15, 0.2) is 6.20 Å². The number of nitrogens with zero attached hydrogens (tertiary/aromatic N) is 1. The van der Waals surface area contributed by atoms with Crippen LogP contribution >= 0.6 is 0 Å². The van der Waals surface area contributed by atoms with Crippen molar-refractivity contribution in [2.45, 2.75) is 19.3 Å². The molecule has 1 aromatic heterocycles. The van der Waals surface area contributed by atoms with Gasteiger partial charge < -0.3 is 16.2 Å². The van der Waals surface area contributed by atoms with Crippen LogP contribution in [0.5, 0.6) is 0 Å². The van der Waals surface area contributed by atoms with Gasteiger partial charge in [0.25, 0.3) is 5.91 Å². The van der Waals surface area contributed by atoms with E-state index in [0.29, 0.717) is 29.8 Å². The van der Waals surface area contributed by atoms with E-state index in [4.69, 9.17) is 5.73 Å². The Kier molecular flexibility index (Phi) is 3.63. The van der Waals surface area contributed by atoms with Crippen molar-refractivity contribution < 1.29 is 9.90 Å². The Hall–Kier alpha value is -1.56. The van der Waals surface area contributed by atoms with E-state index >= 15 is 0 Å². The van der Waals surface area contributed by atoms with E-state index in [0.717, 1.165) is 19.3 Å². The monoisotopic (exact) mass is 238 g/mol. The first kappa shape index (κ1) is 11.9. The van der Waals surface area contributed by atoms with E-state index in [1.165, 1.54) is 6.20 Å². The molecule has 6 heteroatoms. The van der Waals surface area contributed by atoms with Crippen LogP contribution < -0.4 is 11.1 Å². The molecule has 0 bridgehead atoms. The van der Waals surface area contributed by atoms with Gasteiger partial charge in [0, 0.05) is 13.2 Å². The highest BCUT2D eigenvalue weighted by Gasteiger charge is 2.27. The zero-order valence-electron chi connectivity index (χ0n) is 9.65. The first-order valence-corrected chi connectivity index (χ1v) is 5.90. The van der Waals surface area contributed by atoms with Gasteiger partial charge in [0.15, 0.2) is 0 Å². The molecule has 1 heterocycles. The van der Waals surface area contributed by atoms with Crippen LogP contribution in [-0.4, -0.2) is 34.4 Å². The third kappa shape index (κ3) is 2.58. The van der Waals surface area contributed by atoms with Gasteiger partial charge in [0.1, 0.15) is 5.69 Å². The van der Waals surface area contributed by atoms with Crippen molar-refractivity contribution in [3.63, 3.8) is 0 Å². The number of anilines is 1. The van der Waals surface area contributed by atoms with Crippen LogP contribution in [0.2, 0.25) is 0 Å². The molecule has 2 rings (SSSR count). The lowest BCUT2D eigenvalue weighted by atomic mass is 9.97. The number of nitrogens with two attached hydrogens (primary N) is 1. The van der Waals surface area contributed by atoms with Crippen LogP contribution in [-0.2, 0) is 0 Å². The summed E-state index contributed by atoms with van der Waals surface area (Å²) in [6.45, 7) is 0.787. The average Bonchev–Trinajstić information content (AvgIpc) is 2.94. The summed E-state index contributed by atoms with van der Waals surface area (Å²) in [5.41, 5.74) is 6.25. The molecule has 0 aliphatic heterocycles. The van der Waals surface area contributed by atoms with Gasteiger partial charge in [0.2, 0.25) is 0 Å². The summed E-state index contributed by atoms with van der Waals surface area (Å²) in [7, 11) is 0. The van der Waals surface area contributed by atoms with Crippen LogP contribution in [0.3, 0.4) is 0 Å². The van der Waals surface area contributed by atoms with E-state index < -0.39 is 0 Å². The molecule has 2 atom stereocenters. The summed E-state index contributed by atoms with van der Waals surface area (Å²) < 4.78 is 0. The molecule has 5 N–H and O–H groups in total. The van der Waals surface area contributed by atoms with Gasteiger partial charge in [-0.15, -0.1) is 0 Å². The molecule has 0 radical (unpaired) electrons. The van der Waals surface area contributed by atoms with E-state index in [2.05, 4.69) is 15.5 Å². The standard InChI is InChI=1S/C11H18N4O2/c12-9-5-14-15-10(9)11(17)13-4-7-2-1-3-8(7)6-16/h5,7-8,16H,1-4,6,12H2,(H,13,17)(H,14,15). The van der Waals surface area contributed by atoms with E-state index in [1.54, 1.807) is 0 Å². The van der Waals surface area contributed by atoms with Crippen molar-refractivity contribution in [1.82, 2.24) is 15.5 Å². The molecule has 1 aliphatic rings. The molecular weight excluding hydrogens is 220 g/mol. The number of aliphatic hydroxyl groups is 1. The fraction of sp³-hybridized carbons (Fsp3) is 0.636. The minimum atomic E-state index is -0.233. The molecule has 1 fully saturated rings. The molecule has 2 unspecified atom stereocenters. The number of nitrogens with one attached hydrogen (secondary N) is 2. The van der Waals surface area contributed by atoms with Gasteiger partial charge in [-0.05, 0) is 24.7 Å². The lowest BCUT2D eigenvalue weighted by molar-refractivity contribution is 0.0933. The lowest BCUT2D eigenvalue weighted by Crippen LogP contribution is -2.32. The van der Waals surface area contributed by atoms with E-state index in [1.807, 2.05) is 0 Å². The molecule has 17 heavy (non-hydrogen) atoms. The van der Waals surface area contributed by atoms with Crippen molar-refractivity contribution >= 4 is 11.6 Å². The number of carbonyl (C=O) groups excluding carboxylic acids is 1. The Labute approximate surface area is 99.6 Å². The summed E-state index contributed by atoms with van der Waals surface area (Å²) in [6.07, 6.45) is 4.65. The highest BCUT2D eigenvalue weighted by molar-refractivity contribution is 5.96. The van der Waals surface area contributed by atoms with Gasteiger partial charge in [-0.3, -0.25) is 9.89 Å². The Morgan fingerprint density at radius 2 is 2.35 bits per heavy atom. The topological polar surface area (TPSA) is 104 Å². The van der Waals surface area contributed by atoms with Crippen LogP contribution in [0.4, 0.5) is 5.69 Å². The van der Waals surface area contributed by atoms with E-state index in [-0.39, 0.29) is 12.5 Å². The lowest BCUT2D eigenvalue weighted by Gasteiger charge is -2.17. The molecular formula is C11H18N4O2. The predicted molar refractivity (Wildman–Crippen MR) is 63.3 cm³/mol. The molecule has 1 aromatic rings. The Balaban J connectivity index is 1.86. The molecule has 1 saturated carbocycles. The number of hydrogen-bond donors (Lipinski definition) is 4. The normalized spacial score (nSPS) is 23.8. The largest absolute Gasteiger partial charge is 0.396 e. The molecule has 94 valence electrons. The number of aliphatic hydroxyl groups excluding tert-OH is 1. The molecule has 6 nitrogen and oxygen atoms in total. The number of carbonyl (C=O) groups is 1. The average molecular weight is 238 g/mol. The second-order valence-corrected chi connectivity index (χ2v) is 4.54.